The molecule has 0 heterocycles. The van der Waals surface area contributed by atoms with Gasteiger partial charge >= 0.3 is 17.9 Å². The quantitative estimate of drug-likeness (QED) is 0.309. The molecule has 8 nitrogen and oxygen atoms in total. The van der Waals surface area contributed by atoms with Crippen LogP contribution < -0.4 is 0 Å². The monoisotopic (exact) mass is 306 g/mol. The summed E-state index contributed by atoms with van der Waals surface area (Å²) >= 11 is 0. The third-order valence-electron chi connectivity index (χ3n) is 3.06. The van der Waals surface area contributed by atoms with E-state index in [4.69, 9.17) is 20.1 Å². The summed E-state index contributed by atoms with van der Waals surface area (Å²) in [6.45, 7) is 1.42. The molecule has 0 aliphatic carbocycles. The SMILES string of the molecule is CCCCCOC(=O)C(CCO)C(O)(CC(=O)O)C(=O)O. The van der Waals surface area contributed by atoms with Crippen LogP contribution in [0.4, 0.5) is 0 Å². The lowest BCUT2D eigenvalue weighted by atomic mass is 9.82. The Morgan fingerprint density at radius 1 is 1.19 bits per heavy atom. The van der Waals surface area contributed by atoms with Gasteiger partial charge < -0.3 is 25.2 Å². The second-order valence-corrected chi connectivity index (χ2v) is 4.74. The molecular weight excluding hydrogens is 284 g/mol. The highest BCUT2D eigenvalue weighted by Gasteiger charge is 2.50. The van der Waals surface area contributed by atoms with E-state index >= 15 is 0 Å². The van der Waals surface area contributed by atoms with E-state index < -0.39 is 48.9 Å². The van der Waals surface area contributed by atoms with Gasteiger partial charge in [-0.15, -0.1) is 0 Å². The van der Waals surface area contributed by atoms with Crippen molar-refractivity contribution in [1.29, 1.82) is 0 Å². The Labute approximate surface area is 122 Å². The van der Waals surface area contributed by atoms with Crippen molar-refractivity contribution >= 4 is 17.9 Å². The zero-order valence-electron chi connectivity index (χ0n) is 11.9. The molecule has 21 heavy (non-hydrogen) atoms. The molecule has 2 atom stereocenters. The number of carbonyl (C=O) groups is 3. The van der Waals surface area contributed by atoms with Crippen LogP contribution in [0.15, 0.2) is 0 Å². The Morgan fingerprint density at radius 2 is 1.81 bits per heavy atom. The van der Waals surface area contributed by atoms with E-state index in [1.165, 1.54) is 0 Å². The fourth-order valence-corrected chi connectivity index (χ4v) is 1.88. The molecular formula is C13H22O8. The van der Waals surface area contributed by atoms with Crippen LogP contribution in [0.3, 0.4) is 0 Å². The molecule has 0 radical (unpaired) electrons. The first-order valence-electron chi connectivity index (χ1n) is 6.74. The number of ether oxygens (including phenoxy) is 1. The summed E-state index contributed by atoms with van der Waals surface area (Å²) in [5.41, 5.74) is -2.81. The van der Waals surface area contributed by atoms with Gasteiger partial charge in [0.15, 0.2) is 5.60 Å². The summed E-state index contributed by atoms with van der Waals surface area (Å²) in [6.07, 6.45) is 0.740. The Kier molecular flexibility index (Phi) is 8.56. The number of carboxylic acid groups (broad SMARTS) is 2. The molecule has 2 unspecified atom stereocenters. The normalized spacial score (nSPS) is 15.0. The minimum absolute atomic E-state index is 0.0529. The first-order chi connectivity index (χ1) is 9.79. The predicted octanol–water partition coefficient (Wildman–Crippen LogP) is 0.00880. The van der Waals surface area contributed by atoms with Gasteiger partial charge in [-0.1, -0.05) is 19.8 Å². The van der Waals surface area contributed by atoms with Gasteiger partial charge in [-0.05, 0) is 12.8 Å². The van der Waals surface area contributed by atoms with Crippen LogP contribution in [0.2, 0.25) is 0 Å². The zero-order valence-corrected chi connectivity index (χ0v) is 11.9. The summed E-state index contributed by atoms with van der Waals surface area (Å²) < 4.78 is 4.87. The maximum Gasteiger partial charge on any atom is 0.337 e. The van der Waals surface area contributed by atoms with Crippen molar-refractivity contribution in [3.05, 3.63) is 0 Å². The summed E-state index contributed by atoms with van der Waals surface area (Å²) in [4.78, 5) is 33.7. The van der Waals surface area contributed by atoms with E-state index in [9.17, 15) is 19.5 Å². The Bertz CT molecular complexity index is 367. The zero-order chi connectivity index (χ0) is 16.5. The van der Waals surface area contributed by atoms with E-state index in [2.05, 4.69) is 0 Å². The van der Waals surface area contributed by atoms with Gasteiger partial charge in [0.1, 0.15) is 0 Å². The molecule has 0 fully saturated rings. The molecule has 0 rings (SSSR count). The van der Waals surface area contributed by atoms with Crippen molar-refractivity contribution in [1.82, 2.24) is 0 Å². The van der Waals surface area contributed by atoms with Crippen LogP contribution in [-0.4, -0.2) is 57.1 Å². The van der Waals surface area contributed by atoms with Crippen LogP contribution >= 0.6 is 0 Å². The maximum atomic E-state index is 11.9. The van der Waals surface area contributed by atoms with E-state index in [1.54, 1.807) is 0 Å². The first kappa shape index (κ1) is 19.3. The van der Waals surface area contributed by atoms with Crippen molar-refractivity contribution in [2.24, 2.45) is 5.92 Å². The minimum Gasteiger partial charge on any atom is -0.481 e. The van der Waals surface area contributed by atoms with Crippen LogP contribution in [0, 0.1) is 5.92 Å². The number of hydrogen-bond donors (Lipinski definition) is 4. The van der Waals surface area contributed by atoms with Gasteiger partial charge in [-0.25, -0.2) is 4.79 Å². The van der Waals surface area contributed by atoms with Crippen LogP contribution in [0.1, 0.15) is 39.0 Å². The lowest BCUT2D eigenvalue weighted by Crippen LogP contribution is -2.51. The summed E-state index contributed by atoms with van der Waals surface area (Å²) in [7, 11) is 0. The van der Waals surface area contributed by atoms with E-state index in [1.807, 2.05) is 6.92 Å². The smallest absolute Gasteiger partial charge is 0.337 e. The van der Waals surface area contributed by atoms with Crippen LogP contribution in [-0.2, 0) is 19.1 Å². The van der Waals surface area contributed by atoms with E-state index in [-0.39, 0.29) is 6.61 Å². The number of aliphatic hydroxyl groups is 2. The summed E-state index contributed by atoms with van der Waals surface area (Å²) in [5.74, 6) is -6.07. The highest BCUT2D eigenvalue weighted by Crippen LogP contribution is 2.27. The first-order valence-corrected chi connectivity index (χ1v) is 6.74. The van der Waals surface area contributed by atoms with Crippen LogP contribution in [0.5, 0.6) is 0 Å². The molecule has 8 heteroatoms. The molecule has 4 N–H and O–H groups in total. The van der Waals surface area contributed by atoms with Crippen molar-refractivity contribution in [2.45, 2.75) is 44.6 Å². The molecule has 0 spiro atoms. The van der Waals surface area contributed by atoms with Gasteiger partial charge in [0.05, 0.1) is 18.9 Å². The highest BCUT2D eigenvalue weighted by molar-refractivity contribution is 5.90. The third kappa shape index (κ3) is 6.09. The molecule has 0 aromatic heterocycles. The predicted molar refractivity (Wildman–Crippen MR) is 70.5 cm³/mol. The Balaban J connectivity index is 5.00. The van der Waals surface area contributed by atoms with Gasteiger partial charge in [0.25, 0.3) is 0 Å². The average molecular weight is 306 g/mol. The number of carbonyl (C=O) groups excluding carboxylic acids is 1. The number of aliphatic carboxylic acids is 2. The van der Waals surface area contributed by atoms with Crippen molar-refractivity contribution in [3.8, 4) is 0 Å². The lowest BCUT2D eigenvalue weighted by molar-refractivity contribution is -0.182. The Hall–Kier alpha value is -1.67. The number of unbranched alkanes of at least 4 members (excludes halogenated alkanes) is 2. The molecule has 0 aromatic rings. The molecule has 122 valence electrons. The molecule has 0 aliphatic heterocycles. The fourth-order valence-electron chi connectivity index (χ4n) is 1.88. The molecule has 0 aromatic carbocycles. The number of aliphatic hydroxyl groups excluding tert-OH is 1. The van der Waals surface area contributed by atoms with Gasteiger partial charge in [0.2, 0.25) is 0 Å². The van der Waals surface area contributed by atoms with Gasteiger partial charge in [0, 0.05) is 6.61 Å². The molecule has 0 saturated heterocycles. The number of hydrogen-bond acceptors (Lipinski definition) is 6. The largest absolute Gasteiger partial charge is 0.481 e. The Morgan fingerprint density at radius 3 is 2.24 bits per heavy atom. The number of rotatable bonds is 11. The molecule has 0 saturated carbocycles. The van der Waals surface area contributed by atoms with Crippen molar-refractivity contribution in [2.75, 3.05) is 13.2 Å². The second kappa shape index (κ2) is 9.30. The number of carboxylic acids is 2. The molecule has 0 amide bonds. The third-order valence-corrected chi connectivity index (χ3v) is 3.06. The topological polar surface area (TPSA) is 141 Å². The average Bonchev–Trinajstić information content (AvgIpc) is 2.39. The fraction of sp³-hybridized carbons (Fsp3) is 0.769. The highest BCUT2D eigenvalue weighted by atomic mass is 16.5. The standard InChI is InChI=1S/C13H22O8/c1-2-3-4-7-21-11(17)9(5-6-14)13(20,12(18)19)8-10(15)16/h9,14,20H,2-8H2,1H3,(H,15,16)(H,18,19). The van der Waals surface area contributed by atoms with Crippen LogP contribution in [0.25, 0.3) is 0 Å². The van der Waals surface area contributed by atoms with E-state index in [0.717, 1.165) is 12.8 Å². The van der Waals surface area contributed by atoms with Gasteiger partial charge in [-0.3, -0.25) is 9.59 Å². The molecule has 0 bridgehead atoms. The lowest BCUT2D eigenvalue weighted by Gasteiger charge is -2.29. The second-order valence-electron chi connectivity index (χ2n) is 4.74. The minimum atomic E-state index is -2.81. The van der Waals surface area contributed by atoms with Crippen molar-refractivity contribution in [3.63, 3.8) is 0 Å². The molecule has 0 aliphatic rings. The number of esters is 1. The van der Waals surface area contributed by atoms with E-state index in [0.29, 0.717) is 6.42 Å². The van der Waals surface area contributed by atoms with Crippen molar-refractivity contribution < 1.29 is 39.5 Å². The van der Waals surface area contributed by atoms with Gasteiger partial charge in [-0.2, -0.15) is 0 Å². The summed E-state index contributed by atoms with van der Waals surface area (Å²) in [6, 6.07) is 0. The maximum absolute atomic E-state index is 11.9. The summed E-state index contributed by atoms with van der Waals surface area (Å²) in [5, 5.41) is 36.7.